The lowest BCUT2D eigenvalue weighted by Crippen LogP contribution is -2.33. The fourth-order valence-electron chi connectivity index (χ4n) is 2.43. The lowest BCUT2D eigenvalue weighted by atomic mass is 9.93. The van der Waals surface area contributed by atoms with E-state index >= 15 is 0 Å². The summed E-state index contributed by atoms with van der Waals surface area (Å²) in [6.07, 6.45) is -3.43. The molecule has 0 aliphatic carbocycles. The van der Waals surface area contributed by atoms with Crippen LogP contribution in [0.25, 0.3) is 0 Å². The van der Waals surface area contributed by atoms with Gasteiger partial charge < -0.3 is 5.73 Å². The van der Waals surface area contributed by atoms with Gasteiger partial charge in [0, 0.05) is 6.04 Å². The summed E-state index contributed by atoms with van der Waals surface area (Å²) in [5.74, 6) is 0.120. The molecule has 112 valence electrons. The maximum atomic E-state index is 12.4. The number of alkyl halides is 3. The van der Waals surface area contributed by atoms with Crippen LogP contribution >= 0.6 is 0 Å². The minimum atomic E-state index is -4.35. The van der Waals surface area contributed by atoms with Gasteiger partial charge in [-0.25, -0.2) is 8.42 Å². The number of hydrogen-bond acceptors (Lipinski definition) is 3. The minimum Gasteiger partial charge on any atom is -0.327 e. The predicted molar refractivity (Wildman–Crippen MR) is 69.9 cm³/mol. The Morgan fingerprint density at radius 3 is 2.30 bits per heavy atom. The van der Waals surface area contributed by atoms with Gasteiger partial charge in [0.15, 0.2) is 9.84 Å². The summed E-state index contributed by atoms with van der Waals surface area (Å²) in [4.78, 5) is 0. The van der Waals surface area contributed by atoms with Crippen LogP contribution < -0.4 is 5.73 Å². The minimum absolute atomic E-state index is 0.0782. The Morgan fingerprint density at radius 1 is 1.25 bits per heavy atom. The average molecular weight is 307 g/mol. The van der Waals surface area contributed by atoms with Gasteiger partial charge >= 0.3 is 6.18 Å². The molecule has 0 amide bonds. The maximum Gasteiger partial charge on any atom is 0.416 e. The molecule has 0 saturated carbocycles. The van der Waals surface area contributed by atoms with Gasteiger partial charge in [0.2, 0.25) is 0 Å². The van der Waals surface area contributed by atoms with Gasteiger partial charge in [-0.05, 0) is 36.5 Å². The molecule has 0 bridgehead atoms. The quantitative estimate of drug-likeness (QED) is 0.929. The summed E-state index contributed by atoms with van der Waals surface area (Å²) >= 11 is 0. The van der Waals surface area contributed by atoms with Crippen LogP contribution in [-0.4, -0.2) is 26.0 Å². The second-order valence-corrected chi connectivity index (χ2v) is 7.45. The highest BCUT2D eigenvalue weighted by Gasteiger charge is 2.32. The van der Waals surface area contributed by atoms with Crippen LogP contribution in [0.4, 0.5) is 13.2 Å². The molecule has 2 unspecified atom stereocenters. The zero-order valence-corrected chi connectivity index (χ0v) is 11.5. The van der Waals surface area contributed by atoms with Crippen molar-refractivity contribution >= 4 is 9.84 Å². The normalized spacial score (nSPS) is 23.7. The summed E-state index contributed by atoms with van der Waals surface area (Å²) in [5, 5.41) is 0. The summed E-state index contributed by atoms with van der Waals surface area (Å²) in [6, 6.07) is 4.49. The van der Waals surface area contributed by atoms with E-state index in [9.17, 15) is 21.6 Å². The number of halogens is 3. The van der Waals surface area contributed by atoms with Crippen molar-refractivity contribution < 1.29 is 21.6 Å². The number of benzene rings is 1. The van der Waals surface area contributed by atoms with Crippen molar-refractivity contribution in [3.05, 3.63) is 35.4 Å². The zero-order valence-electron chi connectivity index (χ0n) is 10.7. The summed E-state index contributed by atoms with van der Waals surface area (Å²) in [6.45, 7) is 0. The number of hydrogen-bond donors (Lipinski definition) is 1. The summed E-state index contributed by atoms with van der Waals surface area (Å²) in [5.41, 5.74) is 5.96. The molecule has 0 spiro atoms. The molecule has 2 N–H and O–H groups in total. The topological polar surface area (TPSA) is 60.2 Å². The molecule has 1 aromatic carbocycles. The zero-order chi connectivity index (χ0) is 15.0. The molecule has 20 heavy (non-hydrogen) atoms. The van der Waals surface area contributed by atoms with E-state index in [0.29, 0.717) is 18.4 Å². The van der Waals surface area contributed by atoms with Gasteiger partial charge in [0.05, 0.1) is 17.1 Å². The standard InChI is InChI=1S/C13H16F3NO2S/c14-13(15,16)11-3-1-9(2-4-11)7-12(17)10-5-6-20(18,19)8-10/h1-4,10,12H,5-8,17H2. The molecule has 1 aliphatic rings. The average Bonchev–Trinajstić information content (AvgIpc) is 2.69. The van der Waals surface area contributed by atoms with Crippen LogP contribution in [0.1, 0.15) is 17.5 Å². The van der Waals surface area contributed by atoms with Gasteiger partial charge in [-0.15, -0.1) is 0 Å². The Hall–Kier alpha value is -1.08. The van der Waals surface area contributed by atoms with Crippen molar-refractivity contribution in [1.29, 1.82) is 0 Å². The Morgan fingerprint density at radius 2 is 1.85 bits per heavy atom. The molecule has 0 aromatic heterocycles. The van der Waals surface area contributed by atoms with Crippen molar-refractivity contribution in [1.82, 2.24) is 0 Å². The first kappa shape index (κ1) is 15.3. The number of sulfone groups is 1. The maximum absolute atomic E-state index is 12.4. The number of nitrogens with two attached hydrogens (primary N) is 1. The predicted octanol–water partition coefficient (Wildman–Crippen LogP) is 2.01. The lowest BCUT2D eigenvalue weighted by Gasteiger charge is -2.18. The fourth-order valence-corrected chi connectivity index (χ4v) is 4.32. The third-order valence-electron chi connectivity index (χ3n) is 3.63. The van der Waals surface area contributed by atoms with Crippen molar-refractivity contribution in [2.75, 3.05) is 11.5 Å². The first-order valence-corrected chi connectivity index (χ1v) is 8.12. The van der Waals surface area contributed by atoms with Gasteiger partial charge in [-0.1, -0.05) is 12.1 Å². The second kappa shape index (κ2) is 5.37. The number of rotatable bonds is 3. The monoisotopic (exact) mass is 307 g/mol. The highest BCUT2D eigenvalue weighted by molar-refractivity contribution is 7.91. The van der Waals surface area contributed by atoms with E-state index < -0.39 is 21.6 Å². The molecular weight excluding hydrogens is 291 g/mol. The van der Waals surface area contributed by atoms with E-state index in [4.69, 9.17) is 5.73 Å². The van der Waals surface area contributed by atoms with E-state index in [2.05, 4.69) is 0 Å². The molecule has 1 aromatic rings. The molecule has 2 rings (SSSR count). The Balaban J connectivity index is 2.00. The van der Waals surface area contributed by atoms with E-state index in [0.717, 1.165) is 12.1 Å². The molecular formula is C13H16F3NO2S. The first-order chi connectivity index (χ1) is 9.17. The van der Waals surface area contributed by atoms with Crippen LogP contribution in [0.2, 0.25) is 0 Å². The Bertz CT molecular complexity index is 566. The van der Waals surface area contributed by atoms with E-state index in [-0.39, 0.29) is 23.5 Å². The van der Waals surface area contributed by atoms with E-state index in [1.54, 1.807) is 0 Å². The molecule has 3 nitrogen and oxygen atoms in total. The highest BCUT2D eigenvalue weighted by atomic mass is 32.2. The largest absolute Gasteiger partial charge is 0.416 e. The molecule has 1 aliphatic heterocycles. The van der Waals surface area contributed by atoms with Crippen LogP contribution in [-0.2, 0) is 22.4 Å². The van der Waals surface area contributed by atoms with Crippen LogP contribution in [0.5, 0.6) is 0 Å². The molecule has 1 fully saturated rings. The first-order valence-electron chi connectivity index (χ1n) is 6.29. The lowest BCUT2D eigenvalue weighted by molar-refractivity contribution is -0.137. The molecule has 1 saturated heterocycles. The Kier molecular flexibility index (Phi) is 4.11. The molecule has 0 radical (unpaired) electrons. The van der Waals surface area contributed by atoms with Crippen molar-refractivity contribution in [2.45, 2.75) is 25.1 Å². The third kappa shape index (κ3) is 3.73. The van der Waals surface area contributed by atoms with E-state index in [1.807, 2.05) is 0 Å². The third-order valence-corrected chi connectivity index (χ3v) is 5.42. The van der Waals surface area contributed by atoms with Crippen LogP contribution in [0, 0.1) is 5.92 Å². The van der Waals surface area contributed by atoms with Crippen molar-refractivity contribution in [3.8, 4) is 0 Å². The summed E-state index contributed by atoms with van der Waals surface area (Å²) in [7, 11) is -2.99. The van der Waals surface area contributed by atoms with Gasteiger partial charge in [0.25, 0.3) is 0 Å². The van der Waals surface area contributed by atoms with Gasteiger partial charge in [0.1, 0.15) is 0 Å². The fraction of sp³-hybridized carbons (Fsp3) is 0.538. The SMILES string of the molecule is NC(Cc1ccc(C(F)(F)F)cc1)C1CCS(=O)(=O)C1. The molecule has 1 heterocycles. The van der Waals surface area contributed by atoms with Crippen LogP contribution in [0.3, 0.4) is 0 Å². The smallest absolute Gasteiger partial charge is 0.327 e. The van der Waals surface area contributed by atoms with E-state index in [1.165, 1.54) is 12.1 Å². The highest BCUT2D eigenvalue weighted by Crippen LogP contribution is 2.29. The van der Waals surface area contributed by atoms with Crippen molar-refractivity contribution in [3.63, 3.8) is 0 Å². The molecule has 2 atom stereocenters. The molecule has 7 heteroatoms. The Labute approximate surface area is 115 Å². The second-order valence-electron chi connectivity index (χ2n) is 5.23. The van der Waals surface area contributed by atoms with Crippen LogP contribution in [0.15, 0.2) is 24.3 Å². The van der Waals surface area contributed by atoms with Gasteiger partial charge in [-0.3, -0.25) is 0 Å². The van der Waals surface area contributed by atoms with Gasteiger partial charge in [-0.2, -0.15) is 13.2 Å². The summed E-state index contributed by atoms with van der Waals surface area (Å²) < 4.78 is 60.0. The van der Waals surface area contributed by atoms with Crippen molar-refractivity contribution in [2.24, 2.45) is 11.7 Å².